The average Bonchev–Trinajstić information content (AvgIpc) is 2.28. The Morgan fingerprint density at radius 3 is 2.41 bits per heavy atom. The quantitative estimate of drug-likeness (QED) is 0.513. The van der Waals surface area contributed by atoms with Crippen molar-refractivity contribution in [2.24, 2.45) is 0 Å². The molecule has 0 saturated carbocycles. The molecular weight excluding hydrogens is 243 g/mol. The summed E-state index contributed by atoms with van der Waals surface area (Å²) in [4.78, 5) is 0. The zero-order valence-electron chi connectivity index (χ0n) is 11.1. The van der Waals surface area contributed by atoms with Crippen LogP contribution in [0.5, 0.6) is 0 Å². The maximum atomic E-state index is 5.50. The summed E-state index contributed by atoms with van der Waals surface area (Å²) in [5.41, 5.74) is 1.45. The van der Waals surface area contributed by atoms with Gasteiger partial charge in [0.2, 0.25) is 0 Å². The standard InChI is InChI=1S/C15H23PS/c1-14(16(2,3)17)10-6-4-7-11-15-12-8-5-9-13-15/h5,8-10,12-13H,4,6-7,11H2,1-3H3/b14-10+. The highest BCUT2D eigenvalue weighted by Gasteiger charge is 2.03. The molecule has 0 saturated heterocycles. The van der Waals surface area contributed by atoms with E-state index in [2.05, 4.69) is 56.7 Å². The maximum absolute atomic E-state index is 5.50. The lowest BCUT2D eigenvalue weighted by Gasteiger charge is -2.10. The third kappa shape index (κ3) is 6.19. The van der Waals surface area contributed by atoms with Gasteiger partial charge in [-0.05, 0) is 62.9 Å². The first-order chi connectivity index (χ1) is 8.00. The molecule has 1 aromatic carbocycles. The van der Waals surface area contributed by atoms with E-state index in [1.807, 2.05) is 0 Å². The van der Waals surface area contributed by atoms with Crippen molar-refractivity contribution in [3.05, 3.63) is 47.3 Å². The Balaban J connectivity index is 2.24. The minimum atomic E-state index is -1.17. The van der Waals surface area contributed by atoms with Gasteiger partial charge in [-0.2, -0.15) is 0 Å². The molecule has 0 fully saturated rings. The van der Waals surface area contributed by atoms with Gasteiger partial charge in [0, 0.05) is 0 Å². The first-order valence-corrected chi connectivity index (χ1v) is 9.96. The molecule has 0 N–H and O–H groups in total. The minimum absolute atomic E-state index is 1.17. The van der Waals surface area contributed by atoms with Gasteiger partial charge < -0.3 is 0 Å². The van der Waals surface area contributed by atoms with Crippen LogP contribution in [0.4, 0.5) is 0 Å². The summed E-state index contributed by atoms with van der Waals surface area (Å²) in [6, 6.07) is 9.55. The molecule has 94 valence electrons. The number of unbranched alkanes of at least 4 members (excludes halogenated alkanes) is 2. The second-order valence-electron chi connectivity index (χ2n) is 4.93. The van der Waals surface area contributed by atoms with E-state index in [-0.39, 0.29) is 0 Å². The van der Waals surface area contributed by atoms with Crippen molar-refractivity contribution in [3.63, 3.8) is 0 Å². The number of hydrogen-bond donors (Lipinski definition) is 0. The van der Waals surface area contributed by atoms with E-state index >= 15 is 0 Å². The van der Waals surface area contributed by atoms with Crippen LogP contribution in [0.25, 0.3) is 0 Å². The summed E-state index contributed by atoms with van der Waals surface area (Å²) in [6.07, 6.45) is 7.26. The highest BCUT2D eigenvalue weighted by Crippen LogP contribution is 2.46. The molecule has 0 aromatic heterocycles. The van der Waals surface area contributed by atoms with Crippen molar-refractivity contribution in [3.8, 4) is 0 Å². The van der Waals surface area contributed by atoms with Crippen LogP contribution >= 0.6 is 6.04 Å². The zero-order chi connectivity index (χ0) is 12.7. The van der Waals surface area contributed by atoms with Crippen molar-refractivity contribution in [1.82, 2.24) is 0 Å². The van der Waals surface area contributed by atoms with Crippen LogP contribution in [0.1, 0.15) is 31.7 Å². The first kappa shape index (κ1) is 14.7. The van der Waals surface area contributed by atoms with Gasteiger partial charge in [0.1, 0.15) is 0 Å². The lowest BCUT2D eigenvalue weighted by atomic mass is 10.1. The molecule has 0 unspecified atom stereocenters. The van der Waals surface area contributed by atoms with Gasteiger partial charge in [-0.1, -0.05) is 48.2 Å². The van der Waals surface area contributed by atoms with Crippen LogP contribution < -0.4 is 0 Å². The molecule has 0 aliphatic carbocycles. The number of aryl methyl sites for hydroxylation is 1. The molecule has 0 spiro atoms. The van der Waals surface area contributed by atoms with Crippen LogP contribution in [0, 0.1) is 0 Å². The lowest BCUT2D eigenvalue weighted by molar-refractivity contribution is 0.746. The molecule has 1 rings (SSSR count). The van der Waals surface area contributed by atoms with Crippen molar-refractivity contribution < 1.29 is 0 Å². The van der Waals surface area contributed by atoms with E-state index < -0.39 is 6.04 Å². The van der Waals surface area contributed by atoms with Gasteiger partial charge >= 0.3 is 0 Å². The monoisotopic (exact) mass is 266 g/mol. The van der Waals surface area contributed by atoms with Crippen molar-refractivity contribution in [2.75, 3.05) is 13.3 Å². The van der Waals surface area contributed by atoms with Crippen LogP contribution in [0.15, 0.2) is 41.7 Å². The van der Waals surface area contributed by atoms with Gasteiger partial charge in [-0.3, -0.25) is 0 Å². The summed E-state index contributed by atoms with van der Waals surface area (Å²) in [5.74, 6) is 0. The Bertz CT molecular complexity index is 400. The van der Waals surface area contributed by atoms with E-state index in [9.17, 15) is 0 Å². The Labute approximate surface area is 111 Å². The Kier molecular flexibility index (Phi) is 6.16. The Hall–Kier alpha value is -0.390. The predicted octanol–water partition coefficient (Wildman–Crippen LogP) is 5.04. The Morgan fingerprint density at radius 1 is 1.18 bits per heavy atom. The molecule has 0 heterocycles. The molecule has 0 aliphatic heterocycles. The molecule has 0 amide bonds. The first-order valence-electron chi connectivity index (χ1n) is 6.26. The molecule has 0 bridgehead atoms. The van der Waals surface area contributed by atoms with E-state index in [0.717, 1.165) is 0 Å². The normalized spacial score (nSPS) is 12.8. The summed E-state index contributed by atoms with van der Waals surface area (Å²) >= 11 is 5.50. The molecule has 1 aromatic rings. The van der Waals surface area contributed by atoms with Crippen LogP contribution in [0.3, 0.4) is 0 Å². The van der Waals surface area contributed by atoms with E-state index in [1.165, 1.54) is 36.6 Å². The lowest BCUT2D eigenvalue weighted by Crippen LogP contribution is -1.85. The number of benzene rings is 1. The third-order valence-electron chi connectivity index (χ3n) is 3.05. The van der Waals surface area contributed by atoms with Gasteiger partial charge in [0.25, 0.3) is 0 Å². The molecule has 2 heteroatoms. The summed E-state index contributed by atoms with van der Waals surface area (Å²) in [6.45, 7) is 6.61. The summed E-state index contributed by atoms with van der Waals surface area (Å²) in [5, 5.41) is 1.44. The van der Waals surface area contributed by atoms with Gasteiger partial charge in [-0.15, -0.1) is 0 Å². The SMILES string of the molecule is C/C(=C\CCCCc1ccccc1)P(C)(C)=S. The van der Waals surface area contributed by atoms with Crippen molar-refractivity contribution in [1.29, 1.82) is 0 Å². The van der Waals surface area contributed by atoms with Gasteiger partial charge in [0.05, 0.1) is 0 Å². The molecule has 0 radical (unpaired) electrons. The number of allylic oxidation sites excluding steroid dienone is 2. The third-order valence-corrected chi connectivity index (χ3v) is 5.80. The highest BCUT2D eigenvalue weighted by molar-refractivity contribution is 8.15. The Morgan fingerprint density at radius 2 is 1.82 bits per heavy atom. The van der Waals surface area contributed by atoms with Crippen molar-refractivity contribution in [2.45, 2.75) is 32.6 Å². The number of rotatable bonds is 6. The average molecular weight is 266 g/mol. The molecular formula is C15H23PS. The van der Waals surface area contributed by atoms with E-state index in [4.69, 9.17) is 11.8 Å². The zero-order valence-corrected chi connectivity index (χ0v) is 12.9. The van der Waals surface area contributed by atoms with Crippen molar-refractivity contribution >= 4 is 17.8 Å². The maximum Gasteiger partial charge on any atom is -0.0270 e. The van der Waals surface area contributed by atoms with Crippen LogP contribution in [0.2, 0.25) is 0 Å². The molecule has 0 aliphatic rings. The topological polar surface area (TPSA) is 0 Å². The fourth-order valence-electron chi connectivity index (χ4n) is 1.65. The summed E-state index contributed by atoms with van der Waals surface area (Å²) < 4.78 is 0. The fourth-order valence-corrected chi connectivity index (χ4v) is 2.44. The predicted molar refractivity (Wildman–Crippen MR) is 83.9 cm³/mol. The van der Waals surface area contributed by atoms with E-state index in [0.29, 0.717) is 0 Å². The van der Waals surface area contributed by atoms with Crippen LogP contribution in [-0.2, 0) is 18.2 Å². The fraction of sp³-hybridized carbons (Fsp3) is 0.467. The van der Waals surface area contributed by atoms with Gasteiger partial charge in [-0.25, -0.2) is 0 Å². The number of hydrogen-bond acceptors (Lipinski definition) is 1. The van der Waals surface area contributed by atoms with Crippen LogP contribution in [-0.4, -0.2) is 13.3 Å². The largest absolute Gasteiger partial charge is 0.0935 e. The molecule has 0 nitrogen and oxygen atoms in total. The summed E-state index contributed by atoms with van der Waals surface area (Å²) in [7, 11) is 0. The second-order valence-corrected chi connectivity index (χ2v) is 11.1. The van der Waals surface area contributed by atoms with E-state index in [1.54, 1.807) is 0 Å². The minimum Gasteiger partial charge on any atom is -0.0935 e. The highest BCUT2D eigenvalue weighted by atomic mass is 32.4. The smallest absolute Gasteiger partial charge is 0.0270 e. The van der Waals surface area contributed by atoms with Gasteiger partial charge in [0.15, 0.2) is 0 Å². The molecule has 17 heavy (non-hydrogen) atoms. The second kappa shape index (κ2) is 7.13. The molecule has 0 atom stereocenters.